The van der Waals surface area contributed by atoms with E-state index < -0.39 is 21.7 Å². The van der Waals surface area contributed by atoms with Gasteiger partial charge in [-0.1, -0.05) is 25.5 Å². The maximum Gasteiger partial charge on any atom is 0.256 e. The summed E-state index contributed by atoms with van der Waals surface area (Å²) in [6, 6.07) is 11.0. The second-order valence-corrected chi connectivity index (χ2v) is 8.87. The van der Waals surface area contributed by atoms with E-state index in [-0.39, 0.29) is 36.6 Å². The Labute approximate surface area is 170 Å². The van der Waals surface area contributed by atoms with Crippen LogP contribution in [0.4, 0.5) is 4.39 Å². The second kappa shape index (κ2) is 8.92. The Hall–Kier alpha value is -2.45. The molecule has 3 rings (SSSR count). The topological polar surface area (TPSA) is 66.9 Å². The van der Waals surface area contributed by atoms with Crippen molar-refractivity contribution >= 4 is 15.9 Å². The van der Waals surface area contributed by atoms with Gasteiger partial charge in [-0.15, -0.1) is 0 Å². The molecule has 1 aliphatic heterocycles. The molecule has 0 radical (unpaired) electrons. The molecule has 8 heteroatoms. The normalized spacial score (nSPS) is 15.3. The van der Waals surface area contributed by atoms with E-state index in [2.05, 4.69) is 6.92 Å². The molecule has 1 amide bonds. The average molecular weight is 421 g/mol. The van der Waals surface area contributed by atoms with Crippen LogP contribution in [-0.2, 0) is 16.4 Å². The van der Waals surface area contributed by atoms with Crippen LogP contribution in [0.25, 0.3) is 0 Å². The van der Waals surface area contributed by atoms with Crippen molar-refractivity contribution in [1.29, 1.82) is 0 Å². The number of sulfonamides is 1. The first-order chi connectivity index (χ1) is 13.9. The summed E-state index contributed by atoms with van der Waals surface area (Å²) in [6.45, 7) is 2.82. The number of methoxy groups -OCH3 is 1. The van der Waals surface area contributed by atoms with Crippen LogP contribution in [0.2, 0.25) is 0 Å². The molecule has 1 heterocycles. The minimum absolute atomic E-state index is 0.0476. The van der Waals surface area contributed by atoms with Crippen molar-refractivity contribution < 1.29 is 22.3 Å². The number of benzene rings is 2. The lowest BCUT2D eigenvalue weighted by Crippen LogP contribution is -2.50. The van der Waals surface area contributed by atoms with E-state index in [1.807, 2.05) is 12.1 Å². The predicted octanol–water partition coefficient (Wildman–Crippen LogP) is 2.93. The van der Waals surface area contributed by atoms with Gasteiger partial charge in [0.2, 0.25) is 10.0 Å². The van der Waals surface area contributed by atoms with E-state index in [9.17, 15) is 17.6 Å². The highest BCUT2D eigenvalue weighted by atomic mass is 32.2. The van der Waals surface area contributed by atoms with Crippen LogP contribution in [-0.4, -0.2) is 56.8 Å². The van der Waals surface area contributed by atoms with Gasteiger partial charge in [0, 0.05) is 32.2 Å². The van der Waals surface area contributed by atoms with Crippen LogP contribution < -0.4 is 4.74 Å². The maximum absolute atomic E-state index is 14.2. The zero-order valence-corrected chi connectivity index (χ0v) is 17.4. The van der Waals surface area contributed by atoms with Gasteiger partial charge >= 0.3 is 0 Å². The van der Waals surface area contributed by atoms with Gasteiger partial charge < -0.3 is 9.64 Å². The number of aryl methyl sites for hydroxylation is 1. The largest absolute Gasteiger partial charge is 0.497 e. The van der Waals surface area contributed by atoms with Crippen LogP contribution in [0.15, 0.2) is 47.4 Å². The molecule has 29 heavy (non-hydrogen) atoms. The van der Waals surface area contributed by atoms with Gasteiger partial charge in [-0.25, -0.2) is 12.8 Å². The number of carbonyl (C=O) groups excluding carboxylic acids is 1. The average Bonchev–Trinajstić information content (AvgIpc) is 2.74. The van der Waals surface area contributed by atoms with Crippen LogP contribution in [0.5, 0.6) is 5.75 Å². The predicted molar refractivity (Wildman–Crippen MR) is 108 cm³/mol. The number of nitrogens with zero attached hydrogens (tertiary/aromatic N) is 2. The summed E-state index contributed by atoms with van der Waals surface area (Å²) in [5, 5.41) is 0. The molecule has 0 N–H and O–H groups in total. The Morgan fingerprint density at radius 3 is 2.28 bits per heavy atom. The highest BCUT2D eigenvalue weighted by Gasteiger charge is 2.31. The van der Waals surface area contributed by atoms with E-state index in [0.29, 0.717) is 5.75 Å². The van der Waals surface area contributed by atoms with E-state index in [1.165, 1.54) is 28.4 Å². The summed E-state index contributed by atoms with van der Waals surface area (Å²) in [4.78, 5) is 14.3. The Bertz CT molecular complexity index is 969. The van der Waals surface area contributed by atoms with E-state index >= 15 is 0 Å². The number of halogens is 1. The van der Waals surface area contributed by atoms with Crippen LogP contribution in [0.1, 0.15) is 29.3 Å². The Morgan fingerprint density at radius 2 is 1.72 bits per heavy atom. The summed E-state index contributed by atoms with van der Waals surface area (Å²) in [5.74, 6) is -0.775. The van der Waals surface area contributed by atoms with Gasteiger partial charge in [-0.2, -0.15) is 4.31 Å². The third kappa shape index (κ3) is 4.59. The van der Waals surface area contributed by atoms with Crippen molar-refractivity contribution in [1.82, 2.24) is 9.21 Å². The van der Waals surface area contributed by atoms with Crippen molar-refractivity contribution in [2.24, 2.45) is 0 Å². The van der Waals surface area contributed by atoms with E-state index in [1.54, 1.807) is 12.1 Å². The smallest absolute Gasteiger partial charge is 0.256 e. The number of hydrogen-bond acceptors (Lipinski definition) is 4. The van der Waals surface area contributed by atoms with Crippen molar-refractivity contribution in [2.45, 2.75) is 24.7 Å². The number of rotatable bonds is 6. The van der Waals surface area contributed by atoms with Crippen molar-refractivity contribution in [3.63, 3.8) is 0 Å². The summed E-state index contributed by atoms with van der Waals surface area (Å²) < 4.78 is 46.3. The number of carbonyl (C=O) groups is 1. The number of hydrogen-bond donors (Lipinski definition) is 0. The molecular formula is C21H25FN2O4S. The third-order valence-electron chi connectivity index (χ3n) is 5.03. The molecule has 0 saturated carbocycles. The maximum atomic E-state index is 14.2. The van der Waals surface area contributed by atoms with Gasteiger partial charge in [0.25, 0.3) is 5.91 Å². The first-order valence-corrected chi connectivity index (χ1v) is 11.0. The fourth-order valence-electron chi connectivity index (χ4n) is 3.36. The SMILES string of the molecule is CCCc1ccc(S(=O)(=O)N2CCN(C(=O)c3ccc(OC)cc3F)CC2)cc1. The molecule has 0 atom stereocenters. The Morgan fingerprint density at radius 1 is 1.07 bits per heavy atom. The van der Waals surface area contributed by atoms with Crippen molar-refractivity contribution in [3.05, 3.63) is 59.4 Å². The van der Waals surface area contributed by atoms with Crippen LogP contribution in [0, 0.1) is 5.82 Å². The molecule has 156 valence electrons. The first kappa shape index (κ1) is 21.3. The van der Waals surface area contributed by atoms with E-state index in [0.717, 1.165) is 24.5 Å². The minimum Gasteiger partial charge on any atom is -0.497 e. The van der Waals surface area contributed by atoms with Gasteiger partial charge in [-0.05, 0) is 36.2 Å². The Kier molecular flexibility index (Phi) is 6.54. The standard InChI is InChI=1S/C21H25FN2O4S/c1-3-4-16-5-8-18(9-6-16)29(26,27)24-13-11-23(12-14-24)21(25)19-10-7-17(28-2)15-20(19)22/h5-10,15H,3-4,11-14H2,1-2H3. The fourth-order valence-corrected chi connectivity index (χ4v) is 4.79. The Balaban J connectivity index is 1.67. The van der Waals surface area contributed by atoms with Crippen molar-refractivity contribution in [3.8, 4) is 5.75 Å². The number of piperazine rings is 1. The molecule has 2 aromatic carbocycles. The summed E-state index contributed by atoms with van der Waals surface area (Å²) in [7, 11) is -2.20. The molecule has 0 aliphatic carbocycles. The molecule has 1 aliphatic rings. The summed E-state index contributed by atoms with van der Waals surface area (Å²) >= 11 is 0. The molecule has 1 fully saturated rings. The molecule has 0 bridgehead atoms. The zero-order chi connectivity index (χ0) is 21.0. The third-order valence-corrected chi connectivity index (χ3v) is 6.95. The highest BCUT2D eigenvalue weighted by Crippen LogP contribution is 2.21. The summed E-state index contributed by atoms with van der Waals surface area (Å²) in [5.41, 5.74) is 1.05. The lowest BCUT2D eigenvalue weighted by atomic mass is 10.1. The lowest BCUT2D eigenvalue weighted by Gasteiger charge is -2.34. The quantitative estimate of drug-likeness (QED) is 0.721. The van der Waals surface area contributed by atoms with Gasteiger partial charge in [0.15, 0.2) is 0 Å². The van der Waals surface area contributed by atoms with Gasteiger partial charge in [0.1, 0.15) is 11.6 Å². The van der Waals surface area contributed by atoms with Crippen LogP contribution >= 0.6 is 0 Å². The lowest BCUT2D eigenvalue weighted by molar-refractivity contribution is 0.0693. The molecule has 0 aromatic heterocycles. The number of amides is 1. The minimum atomic E-state index is -3.62. The van der Waals surface area contributed by atoms with Crippen molar-refractivity contribution in [2.75, 3.05) is 33.3 Å². The molecule has 0 spiro atoms. The fraction of sp³-hybridized carbons (Fsp3) is 0.381. The zero-order valence-electron chi connectivity index (χ0n) is 16.6. The van der Waals surface area contributed by atoms with E-state index in [4.69, 9.17) is 4.74 Å². The summed E-state index contributed by atoms with van der Waals surface area (Å²) in [6.07, 6.45) is 1.90. The second-order valence-electron chi connectivity index (χ2n) is 6.94. The van der Waals surface area contributed by atoms with Gasteiger partial charge in [0.05, 0.1) is 17.6 Å². The van der Waals surface area contributed by atoms with Gasteiger partial charge in [-0.3, -0.25) is 4.79 Å². The molecule has 2 aromatic rings. The molecule has 6 nitrogen and oxygen atoms in total. The molecular weight excluding hydrogens is 395 g/mol. The van der Waals surface area contributed by atoms with Crippen LogP contribution in [0.3, 0.4) is 0 Å². The molecule has 1 saturated heterocycles. The monoisotopic (exact) mass is 420 g/mol. The highest BCUT2D eigenvalue weighted by molar-refractivity contribution is 7.89. The first-order valence-electron chi connectivity index (χ1n) is 9.58. The molecule has 0 unspecified atom stereocenters. The number of ether oxygens (including phenoxy) is 1.